The minimum atomic E-state index is -0.716. The molecule has 0 fully saturated rings. The van der Waals surface area contributed by atoms with Crippen molar-refractivity contribution < 1.29 is 19.1 Å². The first-order chi connectivity index (χ1) is 16.5. The van der Waals surface area contributed by atoms with E-state index in [0.717, 1.165) is 16.9 Å². The largest absolute Gasteiger partial charge is 0.491 e. The molecular weight excluding hydrogens is 455 g/mol. The Morgan fingerprint density at radius 3 is 2.74 bits per heavy atom. The summed E-state index contributed by atoms with van der Waals surface area (Å²) in [5.74, 6) is 0.440. The second-order valence-corrected chi connectivity index (χ2v) is 8.94. The average molecular weight is 483 g/mol. The van der Waals surface area contributed by atoms with Gasteiger partial charge in [0.1, 0.15) is 30.4 Å². The van der Waals surface area contributed by atoms with Crippen molar-refractivity contribution in [3.63, 3.8) is 0 Å². The molecule has 0 amide bonds. The highest BCUT2D eigenvalue weighted by Crippen LogP contribution is 2.22. The second-order valence-electron chi connectivity index (χ2n) is 8.50. The van der Waals surface area contributed by atoms with Crippen molar-refractivity contribution in [1.82, 2.24) is 4.90 Å². The normalized spacial score (nSPS) is 16.3. The fourth-order valence-electron chi connectivity index (χ4n) is 4.02. The minimum absolute atomic E-state index is 0.166. The highest BCUT2D eigenvalue weighted by Gasteiger charge is 2.27. The van der Waals surface area contributed by atoms with Gasteiger partial charge in [-0.15, -0.1) is 0 Å². The zero-order chi connectivity index (χ0) is 23.9. The molecule has 0 saturated carbocycles. The van der Waals surface area contributed by atoms with E-state index in [-0.39, 0.29) is 18.5 Å². The van der Waals surface area contributed by atoms with E-state index >= 15 is 0 Å². The minimum Gasteiger partial charge on any atom is -0.491 e. The number of benzene rings is 3. The molecule has 0 bridgehead atoms. The van der Waals surface area contributed by atoms with Crippen LogP contribution in [0.1, 0.15) is 23.1 Å². The van der Waals surface area contributed by atoms with Crippen molar-refractivity contribution in [2.75, 3.05) is 19.7 Å². The van der Waals surface area contributed by atoms with E-state index in [2.05, 4.69) is 10.1 Å². The third-order valence-corrected chi connectivity index (χ3v) is 5.90. The van der Waals surface area contributed by atoms with Crippen LogP contribution in [0, 0.1) is 12.7 Å². The van der Waals surface area contributed by atoms with Crippen molar-refractivity contribution in [2.24, 2.45) is 5.16 Å². The van der Waals surface area contributed by atoms with Crippen molar-refractivity contribution in [3.05, 3.63) is 100 Å². The summed E-state index contributed by atoms with van der Waals surface area (Å²) >= 11 is 6.17. The van der Waals surface area contributed by atoms with Gasteiger partial charge in [0.05, 0.1) is 5.71 Å². The lowest BCUT2D eigenvalue weighted by atomic mass is 10.0. The molecule has 0 aliphatic carbocycles. The van der Waals surface area contributed by atoms with Gasteiger partial charge in [-0.2, -0.15) is 0 Å². The third kappa shape index (κ3) is 6.56. The summed E-state index contributed by atoms with van der Waals surface area (Å²) in [5.41, 5.74) is 3.09. The molecular formula is C27H28ClFN2O3. The number of aryl methyl sites for hydroxylation is 1. The SMILES string of the molecule is Cc1ccccc1OCC(O)CN(Cc1cccc(Cl)c1)CC1CC(c2ccccc2F)=NO1. The van der Waals surface area contributed by atoms with Crippen LogP contribution in [0.15, 0.2) is 78.0 Å². The number of nitrogens with zero attached hydrogens (tertiary/aromatic N) is 2. The van der Waals surface area contributed by atoms with E-state index in [4.69, 9.17) is 21.2 Å². The summed E-state index contributed by atoms with van der Waals surface area (Å²) in [5, 5.41) is 15.5. The van der Waals surface area contributed by atoms with Gasteiger partial charge in [-0.25, -0.2) is 4.39 Å². The molecule has 1 aliphatic rings. The zero-order valence-corrected chi connectivity index (χ0v) is 19.8. The van der Waals surface area contributed by atoms with Gasteiger partial charge in [0.15, 0.2) is 0 Å². The number of rotatable bonds is 10. The maximum atomic E-state index is 14.2. The monoisotopic (exact) mass is 482 g/mol. The summed E-state index contributed by atoms with van der Waals surface area (Å²) in [4.78, 5) is 7.72. The average Bonchev–Trinajstić information content (AvgIpc) is 3.27. The second kappa shape index (κ2) is 11.5. The maximum absolute atomic E-state index is 14.2. The molecule has 0 spiro atoms. The molecule has 4 rings (SSSR count). The molecule has 1 heterocycles. The first-order valence-corrected chi connectivity index (χ1v) is 11.7. The quantitative estimate of drug-likeness (QED) is 0.430. The molecule has 3 aromatic carbocycles. The van der Waals surface area contributed by atoms with E-state index in [1.165, 1.54) is 6.07 Å². The van der Waals surface area contributed by atoms with Crippen LogP contribution in [0.2, 0.25) is 5.02 Å². The van der Waals surface area contributed by atoms with E-state index in [1.54, 1.807) is 18.2 Å². The summed E-state index contributed by atoms with van der Waals surface area (Å²) < 4.78 is 20.0. The van der Waals surface area contributed by atoms with Gasteiger partial charge in [-0.05, 0) is 42.3 Å². The number of para-hydroxylation sites is 1. The molecule has 2 atom stereocenters. The van der Waals surface area contributed by atoms with Gasteiger partial charge >= 0.3 is 0 Å². The van der Waals surface area contributed by atoms with E-state index in [1.807, 2.05) is 55.5 Å². The Labute approximate surface area is 204 Å². The molecule has 1 aliphatic heterocycles. The lowest BCUT2D eigenvalue weighted by Crippen LogP contribution is -2.39. The predicted molar refractivity (Wildman–Crippen MR) is 132 cm³/mol. The summed E-state index contributed by atoms with van der Waals surface area (Å²) in [6.45, 7) is 3.58. The molecule has 5 nitrogen and oxygen atoms in total. The lowest BCUT2D eigenvalue weighted by molar-refractivity contribution is 0.0212. The molecule has 2 unspecified atom stereocenters. The number of aliphatic hydroxyl groups excluding tert-OH is 1. The summed E-state index contributed by atoms with van der Waals surface area (Å²) in [6.07, 6.45) is -0.478. The fourth-order valence-corrected chi connectivity index (χ4v) is 4.23. The number of hydrogen-bond acceptors (Lipinski definition) is 5. The van der Waals surface area contributed by atoms with Crippen molar-refractivity contribution in [1.29, 1.82) is 0 Å². The fraction of sp³-hybridized carbons (Fsp3) is 0.296. The van der Waals surface area contributed by atoms with Crippen LogP contribution in [-0.2, 0) is 11.4 Å². The van der Waals surface area contributed by atoms with Crippen molar-refractivity contribution >= 4 is 17.3 Å². The zero-order valence-electron chi connectivity index (χ0n) is 19.0. The van der Waals surface area contributed by atoms with Gasteiger partial charge in [0, 0.05) is 36.6 Å². The van der Waals surface area contributed by atoms with Crippen molar-refractivity contribution in [3.8, 4) is 5.75 Å². The maximum Gasteiger partial charge on any atom is 0.145 e. The number of oxime groups is 1. The van der Waals surface area contributed by atoms with Crippen LogP contribution >= 0.6 is 11.6 Å². The van der Waals surface area contributed by atoms with Gasteiger partial charge in [-0.3, -0.25) is 4.90 Å². The molecule has 1 N–H and O–H groups in total. The van der Waals surface area contributed by atoms with Crippen LogP contribution < -0.4 is 4.74 Å². The smallest absolute Gasteiger partial charge is 0.145 e. The Morgan fingerprint density at radius 2 is 1.94 bits per heavy atom. The predicted octanol–water partition coefficient (Wildman–Crippen LogP) is 5.22. The molecule has 178 valence electrons. The number of ether oxygens (including phenoxy) is 1. The Hall–Kier alpha value is -2.93. The van der Waals surface area contributed by atoms with Crippen LogP contribution in [0.5, 0.6) is 5.75 Å². The Kier molecular flexibility index (Phi) is 8.16. The molecule has 0 saturated heterocycles. The van der Waals surface area contributed by atoms with Crippen LogP contribution in [0.25, 0.3) is 0 Å². The number of halogens is 2. The number of hydrogen-bond donors (Lipinski definition) is 1. The third-order valence-electron chi connectivity index (χ3n) is 5.67. The Balaban J connectivity index is 1.40. The Morgan fingerprint density at radius 1 is 1.15 bits per heavy atom. The Bertz CT molecular complexity index is 1140. The summed E-state index contributed by atoms with van der Waals surface area (Å²) in [7, 11) is 0. The molecule has 0 aromatic heterocycles. The van der Waals surface area contributed by atoms with Crippen LogP contribution in [0.3, 0.4) is 0 Å². The highest BCUT2D eigenvalue weighted by molar-refractivity contribution is 6.30. The van der Waals surface area contributed by atoms with E-state index in [0.29, 0.717) is 42.4 Å². The summed E-state index contributed by atoms with van der Waals surface area (Å²) in [6, 6.07) is 21.9. The van der Waals surface area contributed by atoms with Crippen molar-refractivity contribution in [2.45, 2.75) is 32.1 Å². The topological polar surface area (TPSA) is 54.3 Å². The van der Waals surface area contributed by atoms with Crippen LogP contribution in [-0.4, -0.2) is 47.6 Å². The first kappa shape index (κ1) is 24.2. The first-order valence-electron chi connectivity index (χ1n) is 11.3. The lowest BCUT2D eigenvalue weighted by Gasteiger charge is -2.27. The van der Waals surface area contributed by atoms with E-state index < -0.39 is 6.10 Å². The van der Waals surface area contributed by atoms with E-state index in [9.17, 15) is 9.50 Å². The number of aliphatic hydroxyl groups is 1. The highest BCUT2D eigenvalue weighted by atomic mass is 35.5. The van der Waals surface area contributed by atoms with Gasteiger partial charge in [-0.1, -0.05) is 65.3 Å². The van der Waals surface area contributed by atoms with Gasteiger partial charge in [0.25, 0.3) is 0 Å². The molecule has 34 heavy (non-hydrogen) atoms. The van der Waals surface area contributed by atoms with Crippen LogP contribution in [0.4, 0.5) is 4.39 Å². The standard InChI is InChI=1S/C27H28ClFN2O3/c1-19-7-2-5-12-27(19)33-18-22(32)16-31(15-20-8-6-9-21(28)13-20)17-23-14-26(30-34-23)24-10-3-4-11-25(24)29/h2-13,22-23,32H,14-18H2,1H3. The van der Waals surface area contributed by atoms with Gasteiger partial charge < -0.3 is 14.7 Å². The molecule has 3 aromatic rings. The molecule has 7 heteroatoms. The molecule has 0 radical (unpaired) electrons. The van der Waals surface area contributed by atoms with Gasteiger partial charge in [0.2, 0.25) is 0 Å².